The van der Waals surface area contributed by atoms with Gasteiger partial charge in [-0.2, -0.15) is 0 Å². The van der Waals surface area contributed by atoms with E-state index in [-0.39, 0.29) is 12.1 Å². The summed E-state index contributed by atoms with van der Waals surface area (Å²) in [5.41, 5.74) is 1.11. The van der Waals surface area contributed by atoms with Crippen LogP contribution in [-0.4, -0.2) is 22.2 Å². The summed E-state index contributed by atoms with van der Waals surface area (Å²) in [5.74, 6) is 0. The third-order valence-electron chi connectivity index (χ3n) is 2.44. The number of aliphatic hydroxyl groups is 1. The number of aromatic nitrogens is 1. The highest BCUT2D eigenvalue weighted by Gasteiger charge is 2.41. The van der Waals surface area contributed by atoms with Gasteiger partial charge in [0.25, 0.3) is 0 Å². The molecule has 0 unspecified atom stereocenters. The molecule has 1 heterocycles. The second-order valence-corrected chi connectivity index (χ2v) is 4.62. The van der Waals surface area contributed by atoms with Gasteiger partial charge >= 0.3 is 0 Å². The van der Waals surface area contributed by atoms with Gasteiger partial charge in [0, 0.05) is 23.2 Å². The van der Waals surface area contributed by atoms with E-state index in [0.717, 1.165) is 30.1 Å². The highest BCUT2D eigenvalue weighted by Crippen LogP contribution is 2.34. The molecular formula is C9H14N2OS. The van der Waals surface area contributed by atoms with Crippen LogP contribution in [0.1, 0.15) is 23.5 Å². The molecule has 0 amide bonds. The molecule has 4 heteroatoms. The topological polar surface area (TPSA) is 45.1 Å². The third-order valence-corrected chi connectivity index (χ3v) is 3.40. The lowest BCUT2D eigenvalue weighted by atomic mass is 10.3. The van der Waals surface area contributed by atoms with Gasteiger partial charge in [0.1, 0.15) is 5.01 Å². The molecule has 0 saturated heterocycles. The molecule has 2 N–H and O–H groups in total. The van der Waals surface area contributed by atoms with Gasteiger partial charge in [-0.05, 0) is 19.8 Å². The molecule has 0 atom stereocenters. The normalized spacial score (nSPS) is 18.9. The van der Waals surface area contributed by atoms with Gasteiger partial charge in [0.15, 0.2) is 0 Å². The minimum absolute atomic E-state index is 0.0274. The van der Waals surface area contributed by atoms with Crippen LogP contribution in [0.2, 0.25) is 0 Å². The first-order chi connectivity index (χ1) is 6.24. The van der Waals surface area contributed by atoms with E-state index in [4.69, 9.17) is 5.11 Å². The minimum Gasteiger partial charge on any atom is -0.394 e. The molecule has 1 fully saturated rings. The van der Waals surface area contributed by atoms with Crippen molar-refractivity contribution in [2.45, 2.75) is 31.8 Å². The van der Waals surface area contributed by atoms with E-state index < -0.39 is 0 Å². The Balaban J connectivity index is 1.86. The molecule has 0 aromatic carbocycles. The summed E-state index contributed by atoms with van der Waals surface area (Å²) < 4.78 is 0. The summed E-state index contributed by atoms with van der Waals surface area (Å²) in [6.45, 7) is 3.04. The molecule has 2 rings (SSSR count). The molecule has 1 aromatic heterocycles. The number of hydrogen-bond donors (Lipinski definition) is 2. The Hall–Kier alpha value is -0.450. The molecule has 0 aliphatic heterocycles. The molecule has 0 radical (unpaired) electrons. The fraction of sp³-hybridized carbons (Fsp3) is 0.667. The zero-order chi connectivity index (χ0) is 9.31. The Morgan fingerprint density at radius 1 is 1.69 bits per heavy atom. The van der Waals surface area contributed by atoms with Crippen molar-refractivity contribution in [2.24, 2.45) is 0 Å². The van der Waals surface area contributed by atoms with Crippen LogP contribution in [0, 0.1) is 6.92 Å². The van der Waals surface area contributed by atoms with Gasteiger partial charge in [0.2, 0.25) is 0 Å². The maximum absolute atomic E-state index is 9.06. The maximum atomic E-state index is 9.06. The second kappa shape index (κ2) is 3.36. The van der Waals surface area contributed by atoms with Crippen LogP contribution in [0.25, 0.3) is 0 Å². The van der Waals surface area contributed by atoms with E-state index in [9.17, 15) is 0 Å². The number of nitrogens with one attached hydrogen (secondary N) is 1. The van der Waals surface area contributed by atoms with Crippen molar-refractivity contribution < 1.29 is 5.11 Å². The first kappa shape index (κ1) is 9.12. The quantitative estimate of drug-likeness (QED) is 0.760. The minimum atomic E-state index is 0.0274. The van der Waals surface area contributed by atoms with Crippen molar-refractivity contribution in [3.8, 4) is 0 Å². The Morgan fingerprint density at radius 3 is 2.92 bits per heavy atom. The average Bonchev–Trinajstić information content (AvgIpc) is 2.81. The standard InChI is InChI=1S/C9H14N2OS/c1-7-5-13-8(11-7)4-10-9(6-12)2-3-9/h5,10,12H,2-4,6H2,1H3. The highest BCUT2D eigenvalue weighted by molar-refractivity contribution is 7.09. The van der Waals surface area contributed by atoms with Gasteiger partial charge in [-0.1, -0.05) is 0 Å². The Morgan fingerprint density at radius 2 is 2.46 bits per heavy atom. The molecule has 1 aliphatic rings. The summed E-state index contributed by atoms with van der Waals surface area (Å²) in [6.07, 6.45) is 2.18. The lowest BCUT2D eigenvalue weighted by Gasteiger charge is -2.12. The van der Waals surface area contributed by atoms with Crippen molar-refractivity contribution >= 4 is 11.3 Å². The lowest BCUT2D eigenvalue weighted by Crippen LogP contribution is -2.34. The Labute approximate surface area is 81.8 Å². The number of thiazole rings is 1. The molecule has 1 saturated carbocycles. The first-order valence-electron chi connectivity index (χ1n) is 4.51. The van der Waals surface area contributed by atoms with Crippen molar-refractivity contribution in [3.63, 3.8) is 0 Å². The fourth-order valence-electron chi connectivity index (χ4n) is 1.29. The number of hydrogen-bond acceptors (Lipinski definition) is 4. The highest BCUT2D eigenvalue weighted by atomic mass is 32.1. The SMILES string of the molecule is Cc1csc(CNC2(CO)CC2)n1. The van der Waals surface area contributed by atoms with Crippen molar-refractivity contribution in [3.05, 3.63) is 16.1 Å². The van der Waals surface area contributed by atoms with E-state index in [0.29, 0.717) is 0 Å². The number of nitrogens with zero attached hydrogens (tertiary/aromatic N) is 1. The van der Waals surface area contributed by atoms with Crippen molar-refractivity contribution in [1.29, 1.82) is 0 Å². The fourth-order valence-corrected chi connectivity index (χ4v) is 2.00. The van der Waals surface area contributed by atoms with E-state index in [1.54, 1.807) is 11.3 Å². The number of rotatable bonds is 4. The molecule has 0 spiro atoms. The van der Waals surface area contributed by atoms with Crippen molar-refractivity contribution in [1.82, 2.24) is 10.3 Å². The van der Waals surface area contributed by atoms with Crippen LogP contribution < -0.4 is 5.32 Å². The van der Waals surface area contributed by atoms with Gasteiger partial charge < -0.3 is 10.4 Å². The Bertz CT molecular complexity index is 294. The molecule has 0 bridgehead atoms. The summed E-state index contributed by atoms with van der Waals surface area (Å²) in [5, 5.41) is 15.6. The lowest BCUT2D eigenvalue weighted by molar-refractivity contribution is 0.229. The van der Waals surface area contributed by atoms with E-state index in [1.807, 2.05) is 6.92 Å². The van der Waals surface area contributed by atoms with Crippen LogP contribution in [0.4, 0.5) is 0 Å². The van der Waals surface area contributed by atoms with E-state index in [2.05, 4.69) is 15.7 Å². The van der Waals surface area contributed by atoms with Crippen molar-refractivity contribution in [2.75, 3.05) is 6.61 Å². The predicted octanol–water partition coefficient (Wildman–Crippen LogP) is 1.07. The smallest absolute Gasteiger partial charge is 0.107 e. The van der Waals surface area contributed by atoms with Gasteiger partial charge in [-0.25, -0.2) is 4.98 Å². The zero-order valence-corrected chi connectivity index (χ0v) is 8.52. The molecular weight excluding hydrogens is 184 g/mol. The molecule has 72 valence electrons. The molecule has 13 heavy (non-hydrogen) atoms. The summed E-state index contributed by atoms with van der Waals surface area (Å²) in [6, 6.07) is 0. The monoisotopic (exact) mass is 198 g/mol. The summed E-state index contributed by atoms with van der Waals surface area (Å²) in [4.78, 5) is 4.35. The van der Waals surface area contributed by atoms with Gasteiger partial charge in [0.05, 0.1) is 6.61 Å². The zero-order valence-electron chi connectivity index (χ0n) is 7.71. The molecule has 3 nitrogen and oxygen atoms in total. The van der Waals surface area contributed by atoms with Gasteiger partial charge in [-0.15, -0.1) is 11.3 Å². The van der Waals surface area contributed by atoms with Gasteiger partial charge in [-0.3, -0.25) is 0 Å². The van der Waals surface area contributed by atoms with E-state index >= 15 is 0 Å². The third kappa shape index (κ3) is 2.07. The summed E-state index contributed by atoms with van der Waals surface area (Å²) in [7, 11) is 0. The van der Waals surface area contributed by atoms with E-state index in [1.165, 1.54) is 0 Å². The molecule has 1 aromatic rings. The first-order valence-corrected chi connectivity index (χ1v) is 5.39. The van der Waals surface area contributed by atoms with Crippen LogP contribution in [0.3, 0.4) is 0 Å². The van der Waals surface area contributed by atoms with Crippen LogP contribution in [0.15, 0.2) is 5.38 Å². The molecule has 1 aliphatic carbocycles. The second-order valence-electron chi connectivity index (χ2n) is 3.67. The van der Waals surface area contributed by atoms with Crippen LogP contribution >= 0.6 is 11.3 Å². The van der Waals surface area contributed by atoms with Crippen LogP contribution in [0.5, 0.6) is 0 Å². The largest absolute Gasteiger partial charge is 0.394 e. The van der Waals surface area contributed by atoms with Crippen LogP contribution in [-0.2, 0) is 6.54 Å². The number of aryl methyl sites for hydroxylation is 1. The average molecular weight is 198 g/mol. The summed E-state index contributed by atoms with van der Waals surface area (Å²) >= 11 is 1.67. The maximum Gasteiger partial charge on any atom is 0.107 e. The predicted molar refractivity (Wildman–Crippen MR) is 52.7 cm³/mol. The Kier molecular flexibility index (Phi) is 2.36. The number of aliphatic hydroxyl groups excluding tert-OH is 1.